The van der Waals surface area contributed by atoms with Crippen LogP contribution in [0.15, 0.2) is 12.4 Å². The third kappa shape index (κ3) is 3.59. The highest BCUT2D eigenvalue weighted by Gasteiger charge is 2.27. The number of carbonyl (C=O) groups is 2. The molecule has 0 saturated carbocycles. The van der Waals surface area contributed by atoms with Crippen LogP contribution in [-0.4, -0.2) is 45.8 Å². The van der Waals surface area contributed by atoms with E-state index in [0.717, 1.165) is 19.1 Å². The smallest absolute Gasteiger partial charge is 0.410 e. The third-order valence-corrected chi connectivity index (χ3v) is 3.25. The number of hydrogen-bond donors (Lipinski definition) is 0. The minimum Gasteiger partial charge on any atom is -0.444 e. The van der Waals surface area contributed by atoms with Gasteiger partial charge >= 0.3 is 6.09 Å². The lowest BCUT2D eigenvalue weighted by Gasteiger charge is -2.33. The maximum absolute atomic E-state index is 11.9. The Kier molecular flexibility index (Phi) is 4.11. The Morgan fingerprint density at radius 3 is 2.55 bits per heavy atom. The lowest BCUT2D eigenvalue weighted by Crippen LogP contribution is -2.42. The van der Waals surface area contributed by atoms with Crippen molar-refractivity contribution in [2.24, 2.45) is 0 Å². The number of aldehydes is 1. The van der Waals surface area contributed by atoms with E-state index in [1.165, 1.54) is 0 Å². The summed E-state index contributed by atoms with van der Waals surface area (Å²) in [5.74, 6) is 0. The van der Waals surface area contributed by atoms with Gasteiger partial charge in [-0.15, -0.1) is 0 Å². The van der Waals surface area contributed by atoms with Gasteiger partial charge in [-0.1, -0.05) is 0 Å². The number of likely N-dealkylation sites (tertiary alicyclic amines) is 1. The van der Waals surface area contributed by atoms with Crippen molar-refractivity contribution in [2.75, 3.05) is 13.1 Å². The highest BCUT2D eigenvalue weighted by molar-refractivity contribution is 5.73. The topological polar surface area (TPSA) is 64.4 Å². The van der Waals surface area contributed by atoms with Crippen molar-refractivity contribution in [2.45, 2.75) is 45.3 Å². The van der Waals surface area contributed by atoms with Crippen molar-refractivity contribution in [3.05, 3.63) is 18.0 Å². The van der Waals surface area contributed by atoms with Gasteiger partial charge in [0.1, 0.15) is 5.60 Å². The number of amides is 1. The number of carbonyl (C=O) groups excluding carboxylic acids is 2. The van der Waals surface area contributed by atoms with Gasteiger partial charge in [0.05, 0.1) is 17.8 Å². The van der Waals surface area contributed by atoms with E-state index >= 15 is 0 Å². The molecule has 1 amide bonds. The molecule has 0 unspecified atom stereocenters. The molecule has 0 atom stereocenters. The molecule has 0 N–H and O–H groups in total. The summed E-state index contributed by atoms with van der Waals surface area (Å²) in [6.07, 6.45) is 5.48. The fourth-order valence-electron chi connectivity index (χ4n) is 2.25. The molecule has 2 rings (SSSR count). The molecule has 2 heterocycles. The first-order chi connectivity index (χ1) is 9.39. The predicted octanol–water partition coefficient (Wildman–Crippen LogP) is 2.27. The first-order valence-electron chi connectivity index (χ1n) is 6.86. The number of piperidine rings is 1. The van der Waals surface area contributed by atoms with Gasteiger partial charge in [-0.3, -0.25) is 9.48 Å². The second-order valence-corrected chi connectivity index (χ2v) is 6.07. The summed E-state index contributed by atoms with van der Waals surface area (Å²) in [6, 6.07) is 0.238. The SMILES string of the molecule is CC(C)(C)OC(=O)N1CCC(n2cc(C=O)cn2)CC1. The molecule has 1 fully saturated rings. The van der Waals surface area contributed by atoms with Crippen LogP contribution < -0.4 is 0 Å². The van der Waals surface area contributed by atoms with Crippen molar-refractivity contribution in [1.82, 2.24) is 14.7 Å². The Bertz CT molecular complexity index is 482. The van der Waals surface area contributed by atoms with E-state index in [-0.39, 0.29) is 12.1 Å². The Labute approximate surface area is 118 Å². The Hall–Kier alpha value is -1.85. The number of rotatable bonds is 2. The molecule has 110 valence electrons. The maximum Gasteiger partial charge on any atom is 0.410 e. The van der Waals surface area contributed by atoms with E-state index in [1.54, 1.807) is 17.3 Å². The summed E-state index contributed by atoms with van der Waals surface area (Å²) in [5, 5.41) is 4.19. The molecule has 1 saturated heterocycles. The zero-order valence-electron chi connectivity index (χ0n) is 12.2. The van der Waals surface area contributed by atoms with Gasteiger partial charge in [-0.05, 0) is 33.6 Å². The molecule has 0 bridgehead atoms. The molecular formula is C14H21N3O3. The molecule has 1 aliphatic rings. The van der Waals surface area contributed by atoms with Crippen LogP contribution in [0.3, 0.4) is 0 Å². The molecule has 1 aromatic heterocycles. The molecule has 0 aromatic carbocycles. The number of nitrogens with zero attached hydrogens (tertiary/aromatic N) is 3. The van der Waals surface area contributed by atoms with Crippen LogP contribution in [0.25, 0.3) is 0 Å². The van der Waals surface area contributed by atoms with Crippen LogP contribution in [-0.2, 0) is 4.74 Å². The quantitative estimate of drug-likeness (QED) is 0.779. The summed E-state index contributed by atoms with van der Waals surface area (Å²) < 4.78 is 7.17. The second kappa shape index (κ2) is 5.64. The summed E-state index contributed by atoms with van der Waals surface area (Å²) in [7, 11) is 0. The lowest BCUT2D eigenvalue weighted by atomic mass is 10.1. The first-order valence-corrected chi connectivity index (χ1v) is 6.86. The standard InChI is InChI=1S/C14H21N3O3/c1-14(2,3)20-13(19)16-6-4-12(5-7-16)17-9-11(10-18)8-15-17/h8-10,12H,4-7H2,1-3H3. The molecule has 0 spiro atoms. The van der Waals surface area contributed by atoms with Gasteiger partial charge in [0.15, 0.2) is 6.29 Å². The van der Waals surface area contributed by atoms with Crippen LogP contribution in [0, 0.1) is 0 Å². The first kappa shape index (κ1) is 14.6. The summed E-state index contributed by atoms with van der Waals surface area (Å²) >= 11 is 0. The minimum absolute atomic E-state index is 0.238. The van der Waals surface area contributed by atoms with E-state index in [0.29, 0.717) is 18.7 Å². The van der Waals surface area contributed by atoms with Crippen molar-refractivity contribution >= 4 is 12.4 Å². The highest BCUT2D eigenvalue weighted by Crippen LogP contribution is 2.23. The lowest BCUT2D eigenvalue weighted by molar-refractivity contribution is 0.0185. The van der Waals surface area contributed by atoms with Crippen LogP contribution in [0.4, 0.5) is 4.79 Å². The molecule has 0 aliphatic carbocycles. The molecule has 1 aliphatic heterocycles. The molecule has 6 nitrogen and oxygen atoms in total. The normalized spacial score (nSPS) is 17.1. The monoisotopic (exact) mass is 279 g/mol. The zero-order chi connectivity index (χ0) is 14.8. The van der Waals surface area contributed by atoms with E-state index in [4.69, 9.17) is 4.74 Å². The Morgan fingerprint density at radius 2 is 2.05 bits per heavy atom. The van der Waals surface area contributed by atoms with E-state index in [9.17, 15) is 9.59 Å². The number of hydrogen-bond acceptors (Lipinski definition) is 4. The van der Waals surface area contributed by atoms with Gasteiger partial charge < -0.3 is 9.64 Å². The fourth-order valence-corrected chi connectivity index (χ4v) is 2.25. The molecule has 1 aromatic rings. The summed E-state index contributed by atoms with van der Waals surface area (Å²) in [5.41, 5.74) is 0.119. The van der Waals surface area contributed by atoms with E-state index in [2.05, 4.69) is 5.10 Å². The highest BCUT2D eigenvalue weighted by atomic mass is 16.6. The van der Waals surface area contributed by atoms with Crippen LogP contribution in [0.2, 0.25) is 0 Å². The van der Waals surface area contributed by atoms with Crippen molar-refractivity contribution < 1.29 is 14.3 Å². The molecule has 20 heavy (non-hydrogen) atoms. The van der Waals surface area contributed by atoms with Gasteiger partial charge in [0.25, 0.3) is 0 Å². The minimum atomic E-state index is -0.464. The number of ether oxygens (including phenoxy) is 1. The van der Waals surface area contributed by atoms with Gasteiger partial charge in [0, 0.05) is 19.3 Å². The molecule has 0 radical (unpaired) electrons. The van der Waals surface area contributed by atoms with Crippen LogP contribution >= 0.6 is 0 Å². The largest absolute Gasteiger partial charge is 0.444 e. The number of aromatic nitrogens is 2. The second-order valence-electron chi connectivity index (χ2n) is 6.07. The Morgan fingerprint density at radius 1 is 1.40 bits per heavy atom. The van der Waals surface area contributed by atoms with Crippen molar-refractivity contribution in [3.63, 3.8) is 0 Å². The van der Waals surface area contributed by atoms with Gasteiger partial charge in [-0.2, -0.15) is 5.10 Å². The summed E-state index contributed by atoms with van der Waals surface area (Å²) in [6.45, 7) is 6.89. The third-order valence-electron chi connectivity index (χ3n) is 3.25. The Balaban J connectivity index is 1.89. The average Bonchev–Trinajstić information content (AvgIpc) is 2.85. The average molecular weight is 279 g/mol. The fraction of sp³-hybridized carbons (Fsp3) is 0.643. The van der Waals surface area contributed by atoms with Gasteiger partial charge in [-0.25, -0.2) is 4.79 Å². The maximum atomic E-state index is 11.9. The van der Waals surface area contributed by atoms with E-state index < -0.39 is 5.60 Å². The zero-order valence-corrected chi connectivity index (χ0v) is 12.2. The van der Waals surface area contributed by atoms with E-state index in [1.807, 2.05) is 25.5 Å². The van der Waals surface area contributed by atoms with Crippen LogP contribution in [0.5, 0.6) is 0 Å². The van der Waals surface area contributed by atoms with Gasteiger partial charge in [0.2, 0.25) is 0 Å². The molecular weight excluding hydrogens is 258 g/mol. The van der Waals surface area contributed by atoms with Crippen molar-refractivity contribution in [1.29, 1.82) is 0 Å². The van der Waals surface area contributed by atoms with Crippen LogP contribution in [0.1, 0.15) is 50.0 Å². The molecule has 6 heteroatoms. The summed E-state index contributed by atoms with van der Waals surface area (Å²) in [4.78, 5) is 24.3. The predicted molar refractivity (Wildman–Crippen MR) is 73.7 cm³/mol. The van der Waals surface area contributed by atoms with Crippen molar-refractivity contribution in [3.8, 4) is 0 Å².